The van der Waals surface area contributed by atoms with Gasteiger partial charge in [-0.05, 0) is 86.3 Å². The van der Waals surface area contributed by atoms with Crippen LogP contribution < -0.4 is 0 Å². The maximum absolute atomic E-state index is 5.37. The molecule has 1 aliphatic carbocycles. The predicted molar refractivity (Wildman–Crippen MR) is 256 cm³/mol. The van der Waals surface area contributed by atoms with Crippen molar-refractivity contribution in [1.29, 1.82) is 0 Å². The van der Waals surface area contributed by atoms with Gasteiger partial charge in [0.2, 0.25) is 0 Å². The smallest absolute Gasteiger partial charge is 0.165 e. The number of thiophene rings is 1. The Balaban J connectivity index is 1.04. The highest BCUT2D eigenvalue weighted by Gasteiger charge is 2.35. The zero-order valence-corrected chi connectivity index (χ0v) is 34.3. The summed E-state index contributed by atoms with van der Waals surface area (Å²) in [6.45, 7) is 4.64. The van der Waals surface area contributed by atoms with Crippen LogP contribution in [-0.4, -0.2) is 19.5 Å². The maximum atomic E-state index is 5.37. The number of hydrogen-bond acceptors (Lipinski definition) is 4. The van der Waals surface area contributed by atoms with Gasteiger partial charge in [-0.2, -0.15) is 0 Å². The largest absolute Gasteiger partial charge is 0.308 e. The number of fused-ring (bicyclic) bond motifs is 11. The van der Waals surface area contributed by atoms with Crippen molar-refractivity contribution in [2.24, 2.45) is 0 Å². The van der Waals surface area contributed by atoms with E-state index in [1.165, 1.54) is 81.4 Å². The average Bonchev–Trinajstić information content (AvgIpc) is 3.93. The second-order valence-corrected chi connectivity index (χ2v) is 17.8. The van der Waals surface area contributed by atoms with Crippen LogP contribution in [0.4, 0.5) is 0 Å². The molecule has 3 heterocycles. The number of benzene rings is 9. The van der Waals surface area contributed by atoms with Crippen LogP contribution in [0.5, 0.6) is 0 Å². The van der Waals surface area contributed by atoms with Crippen molar-refractivity contribution in [3.8, 4) is 51.0 Å². The molecule has 9 aromatic carbocycles. The van der Waals surface area contributed by atoms with Crippen LogP contribution in [0.2, 0.25) is 0 Å². The summed E-state index contributed by atoms with van der Waals surface area (Å²) in [6.07, 6.45) is 0. The van der Waals surface area contributed by atoms with Gasteiger partial charge in [0.25, 0.3) is 0 Å². The molecule has 0 radical (unpaired) electrons. The van der Waals surface area contributed by atoms with Gasteiger partial charge >= 0.3 is 0 Å². The third kappa shape index (κ3) is 5.08. The molecule has 3 aromatic heterocycles. The molecule has 0 aliphatic heterocycles. The van der Waals surface area contributed by atoms with Crippen LogP contribution in [0.3, 0.4) is 0 Å². The molecule has 0 N–H and O–H groups in total. The Labute approximate surface area is 356 Å². The predicted octanol–water partition coefficient (Wildman–Crippen LogP) is 15.0. The van der Waals surface area contributed by atoms with Crippen LogP contribution >= 0.6 is 11.3 Å². The monoisotopic (exact) mass is 796 g/mol. The third-order valence-electron chi connectivity index (χ3n) is 13.0. The Morgan fingerprint density at radius 2 is 0.984 bits per heavy atom. The summed E-state index contributed by atoms with van der Waals surface area (Å²) in [4.78, 5) is 15.9. The van der Waals surface area contributed by atoms with Crippen LogP contribution in [0.1, 0.15) is 25.0 Å². The lowest BCUT2D eigenvalue weighted by Gasteiger charge is -2.21. The molecular formula is C56H36N4S. The number of rotatable bonds is 4. The van der Waals surface area contributed by atoms with E-state index in [4.69, 9.17) is 15.0 Å². The summed E-state index contributed by atoms with van der Waals surface area (Å²) in [5, 5.41) is 9.73. The van der Waals surface area contributed by atoms with Crippen molar-refractivity contribution >= 4 is 74.9 Å². The van der Waals surface area contributed by atoms with Crippen molar-refractivity contribution in [3.05, 3.63) is 193 Å². The minimum absolute atomic E-state index is 0.150. The molecule has 1 aliphatic rings. The van der Waals surface area contributed by atoms with Crippen molar-refractivity contribution in [3.63, 3.8) is 0 Å². The van der Waals surface area contributed by atoms with Gasteiger partial charge in [-0.15, -0.1) is 11.3 Å². The van der Waals surface area contributed by atoms with Gasteiger partial charge in [0.1, 0.15) is 0 Å². The maximum Gasteiger partial charge on any atom is 0.165 e. The van der Waals surface area contributed by atoms with Gasteiger partial charge in [-0.1, -0.05) is 153 Å². The molecule has 4 nitrogen and oxygen atoms in total. The SMILES string of the molecule is CC1(C)c2ccccc2-c2ccc(-c3nc(-c4ccc5ccccc5c4)nc(-c4cccc5c4sc4c(-n6c7ccccc7c7cc8ccccc8cc76)cccc45)n3)cc21. The molecule has 0 fully saturated rings. The molecule has 0 saturated heterocycles. The van der Waals surface area contributed by atoms with Crippen LogP contribution in [-0.2, 0) is 5.41 Å². The van der Waals surface area contributed by atoms with Crippen molar-refractivity contribution in [1.82, 2.24) is 19.5 Å². The van der Waals surface area contributed by atoms with E-state index in [0.29, 0.717) is 17.5 Å². The fraction of sp³-hybridized carbons (Fsp3) is 0.0536. The van der Waals surface area contributed by atoms with Crippen molar-refractivity contribution < 1.29 is 0 Å². The Hall–Kier alpha value is -7.47. The Morgan fingerprint density at radius 1 is 0.393 bits per heavy atom. The van der Waals surface area contributed by atoms with Gasteiger partial charge < -0.3 is 4.57 Å². The quantitative estimate of drug-likeness (QED) is 0.178. The molecule has 0 amide bonds. The van der Waals surface area contributed by atoms with E-state index in [9.17, 15) is 0 Å². The van der Waals surface area contributed by atoms with E-state index >= 15 is 0 Å². The van der Waals surface area contributed by atoms with Gasteiger partial charge in [0.05, 0.1) is 21.4 Å². The molecule has 286 valence electrons. The van der Waals surface area contributed by atoms with E-state index in [1.807, 2.05) is 11.3 Å². The molecule has 0 unspecified atom stereocenters. The third-order valence-corrected chi connectivity index (χ3v) is 14.3. The molecule has 0 spiro atoms. The van der Waals surface area contributed by atoms with E-state index in [1.54, 1.807) is 0 Å². The first-order valence-electron chi connectivity index (χ1n) is 20.8. The zero-order chi connectivity index (χ0) is 40.4. The summed E-state index contributed by atoms with van der Waals surface area (Å²) in [6, 6.07) is 65.9. The highest BCUT2D eigenvalue weighted by molar-refractivity contribution is 7.26. The highest BCUT2D eigenvalue weighted by Crippen LogP contribution is 2.50. The Bertz CT molecular complexity index is 3810. The molecular weight excluding hydrogens is 761 g/mol. The summed E-state index contributed by atoms with van der Waals surface area (Å²) >= 11 is 1.82. The topological polar surface area (TPSA) is 43.6 Å². The molecule has 0 bridgehead atoms. The first kappa shape index (κ1) is 34.4. The van der Waals surface area contributed by atoms with Gasteiger partial charge in [0, 0.05) is 48.4 Å². The first-order valence-corrected chi connectivity index (χ1v) is 21.7. The minimum Gasteiger partial charge on any atom is -0.308 e. The Morgan fingerprint density at radius 3 is 1.82 bits per heavy atom. The van der Waals surface area contributed by atoms with E-state index < -0.39 is 0 Å². The summed E-state index contributed by atoms with van der Waals surface area (Å²) in [5.41, 5.74) is 11.6. The van der Waals surface area contributed by atoms with Crippen molar-refractivity contribution in [2.45, 2.75) is 19.3 Å². The molecule has 0 saturated carbocycles. The molecule has 0 atom stereocenters. The number of aromatic nitrogens is 4. The summed E-state index contributed by atoms with van der Waals surface area (Å²) in [7, 11) is 0. The van der Waals surface area contributed by atoms with Gasteiger partial charge in [0.15, 0.2) is 17.5 Å². The lowest BCUT2D eigenvalue weighted by molar-refractivity contribution is 0.660. The average molecular weight is 797 g/mol. The number of para-hydroxylation sites is 1. The van der Waals surface area contributed by atoms with E-state index in [2.05, 4.69) is 200 Å². The van der Waals surface area contributed by atoms with Gasteiger partial charge in [-0.25, -0.2) is 15.0 Å². The van der Waals surface area contributed by atoms with E-state index in [-0.39, 0.29) is 5.41 Å². The Kier molecular flexibility index (Phi) is 7.20. The minimum atomic E-state index is -0.150. The fourth-order valence-electron chi connectivity index (χ4n) is 10.00. The van der Waals surface area contributed by atoms with Crippen molar-refractivity contribution in [2.75, 3.05) is 0 Å². The lowest BCUT2D eigenvalue weighted by Crippen LogP contribution is -2.15. The zero-order valence-electron chi connectivity index (χ0n) is 33.5. The van der Waals surface area contributed by atoms with Crippen LogP contribution in [0.25, 0.3) is 115 Å². The van der Waals surface area contributed by atoms with E-state index in [0.717, 1.165) is 26.8 Å². The molecule has 61 heavy (non-hydrogen) atoms. The fourth-order valence-corrected chi connectivity index (χ4v) is 11.3. The van der Waals surface area contributed by atoms with Crippen LogP contribution in [0.15, 0.2) is 182 Å². The molecule has 5 heteroatoms. The number of hydrogen-bond donors (Lipinski definition) is 0. The second-order valence-electron chi connectivity index (χ2n) is 16.8. The summed E-state index contributed by atoms with van der Waals surface area (Å²) < 4.78 is 4.84. The normalized spacial score (nSPS) is 13.2. The standard InChI is InChI=1S/C56H36N4S/c1-56(2)46-22-9-7-17-39(46)40-28-27-38(31-47(40)56)54-57-53(37-26-25-33-13-3-4-14-34(33)29-37)58-55(59-54)44-21-11-19-42-43-20-12-24-49(52(43)61-51(42)44)60-48-23-10-8-18-41(48)45-30-35-15-5-6-16-36(35)32-50(45)60/h3-32H,1-2H3. The first-order chi connectivity index (χ1) is 30.0. The van der Waals surface area contributed by atoms with Gasteiger partial charge in [-0.3, -0.25) is 0 Å². The lowest BCUT2D eigenvalue weighted by atomic mass is 9.82. The summed E-state index contributed by atoms with van der Waals surface area (Å²) in [5.74, 6) is 1.99. The molecule has 12 aromatic rings. The van der Waals surface area contributed by atoms with Crippen LogP contribution in [0, 0.1) is 0 Å². The number of nitrogens with zero attached hydrogens (tertiary/aromatic N) is 4. The molecule has 13 rings (SSSR count). The highest BCUT2D eigenvalue weighted by atomic mass is 32.1. The second kappa shape index (κ2) is 12.8.